The maximum Gasteiger partial charge on any atom is 0.306 e. The summed E-state index contributed by atoms with van der Waals surface area (Å²) >= 11 is 1.62. The molecule has 0 rings (SSSR count). The lowest BCUT2D eigenvalue weighted by Gasteiger charge is -2.20. The van der Waals surface area contributed by atoms with Crippen LogP contribution >= 0.6 is 11.8 Å². The quantitative estimate of drug-likeness (QED) is 0.0860. The molecule has 0 spiro atoms. The molecule has 0 saturated carbocycles. The molecule has 0 fully saturated rings. The number of unbranched alkanes of at least 4 members (excludes halogenated alkanes) is 11. The van der Waals surface area contributed by atoms with Gasteiger partial charge in [0.15, 0.2) is 0 Å². The SMILES string of the molecule is CCCCCCCCCCCCCCOC(=O)CCSCCC(N)C(=O)NCCCN(CCO)CCO. The van der Waals surface area contributed by atoms with Gasteiger partial charge in [0, 0.05) is 25.4 Å². The van der Waals surface area contributed by atoms with Crippen LogP contribution in [0.4, 0.5) is 0 Å². The van der Waals surface area contributed by atoms with Crippen LogP contribution in [0.25, 0.3) is 0 Å². The third-order valence-corrected chi connectivity index (χ3v) is 7.42. The van der Waals surface area contributed by atoms with Crippen LogP contribution in [-0.2, 0) is 14.3 Å². The number of nitrogens with zero attached hydrogens (tertiary/aromatic N) is 1. The van der Waals surface area contributed by atoms with Gasteiger partial charge in [-0.2, -0.15) is 11.8 Å². The third kappa shape index (κ3) is 25.2. The van der Waals surface area contributed by atoms with E-state index in [-0.39, 0.29) is 25.1 Å². The first-order valence-corrected chi connectivity index (χ1v) is 15.9. The lowest BCUT2D eigenvalue weighted by Crippen LogP contribution is -2.42. The molecule has 1 unspecified atom stereocenters. The van der Waals surface area contributed by atoms with Crippen LogP contribution < -0.4 is 11.1 Å². The second kappa shape index (κ2) is 28.1. The Labute approximate surface area is 230 Å². The molecule has 1 atom stereocenters. The van der Waals surface area contributed by atoms with Gasteiger partial charge in [0.2, 0.25) is 5.91 Å². The van der Waals surface area contributed by atoms with Gasteiger partial charge < -0.3 is 26.0 Å². The van der Waals surface area contributed by atoms with Gasteiger partial charge in [-0.15, -0.1) is 0 Å². The highest BCUT2D eigenvalue weighted by Crippen LogP contribution is 2.12. The van der Waals surface area contributed by atoms with Crippen molar-refractivity contribution in [2.24, 2.45) is 5.73 Å². The number of esters is 1. The lowest BCUT2D eigenvalue weighted by molar-refractivity contribution is -0.143. The summed E-state index contributed by atoms with van der Waals surface area (Å²) in [6, 6.07) is -0.559. The van der Waals surface area contributed by atoms with Crippen LogP contribution in [0.3, 0.4) is 0 Å². The van der Waals surface area contributed by atoms with Gasteiger partial charge in [-0.1, -0.05) is 77.6 Å². The number of ether oxygens (including phenoxy) is 1. The van der Waals surface area contributed by atoms with Crippen molar-refractivity contribution in [1.29, 1.82) is 0 Å². The zero-order valence-electron chi connectivity index (χ0n) is 23.6. The summed E-state index contributed by atoms with van der Waals surface area (Å²) in [7, 11) is 0. The molecule has 0 aromatic rings. The van der Waals surface area contributed by atoms with Crippen molar-refractivity contribution in [3.05, 3.63) is 0 Å². The fraction of sp³-hybridized carbons (Fsp3) is 0.929. The summed E-state index contributed by atoms with van der Waals surface area (Å²) in [5.41, 5.74) is 5.96. The minimum absolute atomic E-state index is 0.0477. The van der Waals surface area contributed by atoms with Gasteiger partial charge in [-0.05, 0) is 31.6 Å². The fourth-order valence-corrected chi connectivity index (χ4v) is 5.00. The van der Waals surface area contributed by atoms with E-state index in [4.69, 9.17) is 20.7 Å². The molecule has 0 bridgehead atoms. The van der Waals surface area contributed by atoms with Crippen LogP contribution in [0.15, 0.2) is 0 Å². The Hall–Kier alpha value is -0.870. The number of rotatable bonds is 28. The molecule has 0 aromatic heterocycles. The minimum atomic E-state index is -0.559. The molecule has 0 aliphatic rings. The van der Waals surface area contributed by atoms with Gasteiger partial charge in [-0.25, -0.2) is 0 Å². The molecular weight excluding hydrogens is 490 g/mol. The van der Waals surface area contributed by atoms with Gasteiger partial charge in [0.25, 0.3) is 0 Å². The normalized spacial score (nSPS) is 12.1. The second-order valence-corrected chi connectivity index (χ2v) is 11.0. The van der Waals surface area contributed by atoms with E-state index < -0.39 is 6.04 Å². The lowest BCUT2D eigenvalue weighted by atomic mass is 10.1. The van der Waals surface area contributed by atoms with Crippen LogP contribution in [0.1, 0.15) is 103 Å². The molecule has 0 heterocycles. The number of aliphatic hydroxyl groups is 2. The van der Waals surface area contributed by atoms with Gasteiger partial charge in [-0.3, -0.25) is 14.5 Å². The monoisotopic (exact) mass is 547 g/mol. The standard InChI is InChI=1S/C28H57N3O5S/c1-2-3-4-5-6-7-8-9-10-11-12-13-23-36-27(34)16-25-37-24-15-26(29)28(35)30-17-14-18-31(19-21-32)20-22-33/h26,32-33H,2-25,29H2,1H3,(H,30,35). The first-order valence-electron chi connectivity index (χ1n) is 14.8. The van der Waals surface area contributed by atoms with Crippen molar-refractivity contribution in [1.82, 2.24) is 10.2 Å². The van der Waals surface area contributed by atoms with E-state index in [0.29, 0.717) is 51.4 Å². The molecule has 0 saturated heterocycles. The van der Waals surface area contributed by atoms with E-state index in [0.717, 1.165) is 25.0 Å². The molecule has 37 heavy (non-hydrogen) atoms. The van der Waals surface area contributed by atoms with E-state index in [2.05, 4.69) is 12.2 Å². The number of thioether (sulfide) groups is 1. The number of carbonyl (C=O) groups excluding carboxylic acids is 2. The van der Waals surface area contributed by atoms with E-state index >= 15 is 0 Å². The van der Waals surface area contributed by atoms with Crippen molar-refractivity contribution in [2.45, 2.75) is 109 Å². The molecular formula is C28H57N3O5S. The highest BCUT2D eigenvalue weighted by molar-refractivity contribution is 7.99. The number of hydrogen-bond acceptors (Lipinski definition) is 8. The van der Waals surface area contributed by atoms with Crippen LogP contribution in [0, 0.1) is 0 Å². The molecule has 5 N–H and O–H groups in total. The zero-order chi connectivity index (χ0) is 27.4. The maximum atomic E-state index is 12.1. The first-order chi connectivity index (χ1) is 18.0. The van der Waals surface area contributed by atoms with Crippen molar-refractivity contribution < 1.29 is 24.5 Å². The van der Waals surface area contributed by atoms with E-state index in [9.17, 15) is 9.59 Å². The highest BCUT2D eigenvalue weighted by Gasteiger charge is 2.13. The number of nitrogens with one attached hydrogen (secondary N) is 1. The van der Waals surface area contributed by atoms with Crippen LogP contribution in [0.2, 0.25) is 0 Å². The van der Waals surface area contributed by atoms with Gasteiger partial charge in [0.05, 0.1) is 32.3 Å². The van der Waals surface area contributed by atoms with E-state index in [1.807, 2.05) is 4.90 Å². The number of carbonyl (C=O) groups is 2. The minimum Gasteiger partial charge on any atom is -0.466 e. The number of aliphatic hydroxyl groups excluding tert-OH is 2. The Bertz CT molecular complexity index is 522. The number of nitrogens with two attached hydrogens (primary N) is 1. The predicted octanol–water partition coefficient (Wildman–Crippen LogP) is 3.86. The number of amides is 1. The average molecular weight is 548 g/mol. The van der Waals surface area contributed by atoms with E-state index in [1.165, 1.54) is 64.2 Å². The largest absolute Gasteiger partial charge is 0.466 e. The Kier molecular flexibility index (Phi) is 27.5. The van der Waals surface area contributed by atoms with Crippen molar-refractivity contribution >= 4 is 23.6 Å². The summed E-state index contributed by atoms with van der Waals surface area (Å²) in [6.45, 7) is 5.10. The second-order valence-electron chi connectivity index (χ2n) is 9.80. The molecule has 1 amide bonds. The molecule has 8 nitrogen and oxygen atoms in total. The third-order valence-electron chi connectivity index (χ3n) is 6.40. The zero-order valence-corrected chi connectivity index (χ0v) is 24.4. The topological polar surface area (TPSA) is 125 Å². The van der Waals surface area contributed by atoms with Crippen molar-refractivity contribution in [3.63, 3.8) is 0 Å². The van der Waals surface area contributed by atoms with E-state index in [1.54, 1.807) is 11.8 Å². The molecule has 220 valence electrons. The Balaban J connectivity index is 3.50. The van der Waals surface area contributed by atoms with Crippen molar-refractivity contribution in [3.8, 4) is 0 Å². The molecule has 9 heteroatoms. The fourth-order valence-electron chi connectivity index (χ4n) is 4.06. The van der Waals surface area contributed by atoms with Gasteiger partial charge in [0.1, 0.15) is 0 Å². The van der Waals surface area contributed by atoms with Crippen LogP contribution in [-0.4, -0.2) is 90.5 Å². The summed E-state index contributed by atoms with van der Waals surface area (Å²) in [6.07, 6.45) is 17.2. The molecule has 0 radical (unpaired) electrons. The van der Waals surface area contributed by atoms with Crippen LogP contribution in [0.5, 0.6) is 0 Å². The predicted molar refractivity (Wildman–Crippen MR) is 155 cm³/mol. The molecule has 0 aliphatic carbocycles. The Morgan fingerprint density at radius 2 is 1.41 bits per heavy atom. The maximum absolute atomic E-state index is 12.1. The smallest absolute Gasteiger partial charge is 0.306 e. The number of hydrogen-bond donors (Lipinski definition) is 4. The summed E-state index contributed by atoms with van der Waals surface area (Å²) in [4.78, 5) is 25.9. The summed E-state index contributed by atoms with van der Waals surface area (Å²) < 4.78 is 5.33. The molecule has 0 aromatic carbocycles. The average Bonchev–Trinajstić information content (AvgIpc) is 2.89. The van der Waals surface area contributed by atoms with Crippen molar-refractivity contribution in [2.75, 3.05) is 57.5 Å². The Morgan fingerprint density at radius 3 is 1.97 bits per heavy atom. The molecule has 0 aliphatic heterocycles. The highest BCUT2D eigenvalue weighted by atomic mass is 32.2. The van der Waals surface area contributed by atoms with Gasteiger partial charge >= 0.3 is 5.97 Å². The summed E-state index contributed by atoms with van der Waals surface area (Å²) in [5, 5.41) is 20.9. The summed E-state index contributed by atoms with van der Waals surface area (Å²) in [5.74, 6) is 1.09. The Morgan fingerprint density at radius 1 is 0.838 bits per heavy atom. The first kappa shape index (κ1) is 36.1.